The molecule has 1 fully saturated rings. The molecule has 2 rings (SSSR count). The van der Waals surface area contributed by atoms with Crippen LogP contribution >= 0.6 is 0 Å². The van der Waals surface area contributed by atoms with Gasteiger partial charge in [0.05, 0.1) is 43.2 Å². The zero-order valence-corrected chi connectivity index (χ0v) is 13.7. The van der Waals surface area contributed by atoms with Gasteiger partial charge in [-0.1, -0.05) is 5.57 Å². The molecule has 1 aromatic rings. The molecule has 0 amide bonds. The number of nitrogens with zero attached hydrogens (tertiary/aromatic N) is 2. The largest absolute Gasteiger partial charge is 0.416 e. The molecule has 1 aliphatic rings. The van der Waals surface area contributed by atoms with Crippen molar-refractivity contribution in [3.8, 4) is 0 Å². The smallest absolute Gasteiger partial charge is 0.355 e. The summed E-state index contributed by atoms with van der Waals surface area (Å²) in [6.07, 6.45) is -2.44. The minimum atomic E-state index is -4.59. The standard InChI is InChI=1S/C16H20F3N3O2/c1-12(2)5-6-20-7-9-21(10-8-20)14-4-3-13(16(17,18)19)11-15(14)22(23)24/h3-5,11H,6-10H2,1-2H3/p+1. The first-order valence-corrected chi connectivity index (χ1v) is 7.76. The minimum Gasteiger partial charge on any atom is -0.355 e. The van der Waals surface area contributed by atoms with Crippen molar-refractivity contribution in [2.75, 3.05) is 37.6 Å². The normalized spacial score (nSPS) is 16.1. The summed E-state index contributed by atoms with van der Waals surface area (Å²) in [5.41, 5.74) is 0.0147. The van der Waals surface area contributed by atoms with Crippen LogP contribution in [-0.2, 0) is 6.18 Å². The number of alkyl halides is 3. The predicted octanol–water partition coefficient (Wildman–Crippen LogP) is 2.28. The van der Waals surface area contributed by atoms with Crippen LogP contribution in [0.25, 0.3) is 0 Å². The zero-order valence-electron chi connectivity index (χ0n) is 13.7. The van der Waals surface area contributed by atoms with E-state index in [2.05, 4.69) is 6.08 Å². The van der Waals surface area contributed by atoms with Gasteiger partial charge in [-0.15, -0.1) is 0 Å². The van der Waals surface area contributed by atoms with Crippen LogP contribution in [0.2, 0.25) is 0 Å². The number of anilines is 1. The molecule has 24 heavy (non-hydrogen) atoms. The lowest BCUT2D eigenvalue weighted by Crippen LogP contribution is -3.14. The fourth-order valence-electron chi connectivity index (χ4n) is 2.73. The molecule has 132 valence electrons. The highest BCUT2D eigenvalue weighted by Gasteiger charge is 2.34. The number of hydrogen-bond acceptors (Lipinski definition) is 3. The maximum atomic E-state index is 12.8. The lowest BCUT2D eigenvalue weighted by Gasteiger charge is -2.33. The molecule has 1 N–H and O–H groups in total. The lowest BCUT2D eigenvalue weighted by atomic mass is 10.1. The van der Waals surface area contributed by atoms with Crippen LogP contribution in [-0.4, -0.2) is 37.6 Å². The van der Waals surface area contributed by atoms with Gasteiger partial charge >= 0.3 is 6.18 Å². The molecule has 0 aliphatic carbocycles. The van der Waals surface area contributed by atoms with Crippen LogP contribution in [0.4, 0.5) is 24.5 Å². The van der Waals surface area contributed by atoms with Crippen LogP contribution in [0, 0.1) is 10.1 Å². The number of nitro benzene ring substituents is 1. The van der Waals surface area contributed by atoms with Gasteiger partial charge in [0, 0.05) is 6.07 Å². The Kier molecular flexibility index (Phi) is 5.48. The minimum absolute atomic E-state index is 0.259. The van der Waals surface area contributed by atoms with E-state index in [-0.39, 0.29) is 5.69 Å². The second-order valence-corrected chi connectivity index (χ2v) is 6.18. The van der Waals surface area contributed by atoms with E-state index in [1.54, 1.807) is 4.90 Å². The maximum absolute atomic E-state index is 12.8. The third kappa shape index (κ3) is 4.47. The molecule has 0 radical (unpaired) electrons. The number of benzene rings is 1. The predicted molar refractivity (Wildman–Crippen MR) is 85.3 cm³/mol. The summed E-state index contributed by atoms with van der Waals surface area (Å²) in [5, 5.41) is 11.2. The van der Waals surface area contributed by atoms with E-state index in [1.165, 1.54) is 16.5 Å². The Labute approximate surface area is 138 Å². The molecule has 1 heterocycles. The first-order valence-electron chi connectivity index (χ1n) is 7.76. The van der Waals surface area contributed by atoms with E-state index in [1.807, 2.05) is 13.8 Å². The summed E-state index contributed by atoms with van der Waals surface area (Å²) in [6, 6.07) is 2.74. The van der Waals surface area contributed by atoms with Gasteiger partial charge < -0.3 is 9.80 Å². The Bertz CT molecular complexity index is 632. The Morgan fingerprint density at radius 2 is 1.96 bits per heavy atom. The molecule has 0 spiro atoms. The summed E-state index contributed by atoms with van der Waals surface area (Å²) >= 11 is 0. The summed E-state index contributed by atoms with van der Waals surface area (Å²) in [5.74, 6) is 0. The SMILES string of the molecule is CC(C)=CC[NH+]1CCN(c2ccc(C(F)(F)F)cc2[N+](=O)[O-])CC1. The molecule has 0 saturated carbocycles. The summed E-state index contributed by atoms with van der Waals surface area (Å²) in [4.78, 5) is 13.6. The highest BCUT2D eigenvalue weighted by molar-refractivity contribution is 5.64. The van der Waals surface area contributed by atoms with Gasteiger partial charge in [0.2, 0.25) is 0 Å². The number of nitrogens with one attached hydrogen (secondary N) is 1. The molecule has 0 unspecified atom stereocenters. The van der Waals surface area contributed by atoms with E-state index >= 15 is 0 Å². The van der Waals surface area contributed by atoms with Crippen LogP contribution in [0.3, 0.4) is 0 Å². The fourth-order valence-corrected chi connectivity index (χ4v) is 2.73. The molecule has 1 saturated heterocycles. The Morgan fingerprint density at radius 1 is 1.33 bits per heavy atom. The van der Waals surface area contributed by atoms with Crippen LogP contribution < -0.4 is 9.80 Å². The van der Waals surface area contributed by atoms with Gasteiger partial charge in [0.1, 0.15) is 5.69 Å². The molecule has 5 nitrogen and oxygen atoms in total. The number of allylic oxidation sites excluding steroid dienone is 1. The summed E-state index contributed by atoms with van der Waals surface area (Å²) in [6.45, 7) is 7.70. The maximum Gasteiger partial charge on any atom is 0.416 e. The molecule has 0 atom stereocenters. The van der Waals surface area contributed by atoms with E-state index in [0.29, 0.717) is 19.2 Å². The fraction of sp³-hybridized carbons (Fsp3) is 0.500. The number of nitro groups is 1. The lowest BCUT2D eigenvalue weighted by molar-refractivity contribution is -0.894. The van der Waals surface area contributed by atoms with E-state index in [9.17, 15) is 23.3 Å². The van der Waals surface area contributed by atoms with Crippen molar-refractivity contribution in [1.82, 2.24) is 0 Å². The number of hydrogen-bond donors (Lipinski definition) is 1. The van der Waals surface area contributed by atoms with E-state index < -0.39 is 22.4 Å². The van der Waals surface area contributed by atoms with Gasteiger partial charge in [0.15, 0.2) is 0 Å². The Morgan fingerprint density at radius 3 is 2.46 bits per heavy atom. The van der Waals surface area contributed by atoms with Crippen molar-refractivity contribution in [2.24, 2.45) is 0 Å². The van der Waals surface area contributed by atoms with Crippen molar-refractivity contribution >= 4 is 11.4 Å². The Balaban J connectivity index is 2.15. The number of piperazine rings is 1. The second kappa shape index (κ2) is 7.21. The van der Waals surface area contributed by atoms with Crippen molar-refractivity contribution in [2.45, 2.75) is 20.0 Å². The van der Waals surface area contributed by atoms with Crippen LogP contribution in [0.15, 0.2) is 29.8 Å². The van der Waals surface area contributed by atoms with Gasteiger partial charge in [-0.3, -0.25) is 10.1 Å². The van der Waals surface area contributed by atoms with Crippen molar-refractivity contribution < 1.29 is 23.0 Å². The third-order valence-corrected chi connectivity index (χ3v) is 4.11. The highest BCUT2D eigenvalue weighted by atomic mass is 19.4. The van der Waals surface area contributed by atoms with E-state index in [0.717, 1.165) is 25.7 Å². The van der Waals surface area contributed by atoms with Gasteiger partial charge in [-0.25, -0.2) is 0 Å². The highest BCUT2D eigenvalue weighted by Crippen LogP contribution is 2.36. The number of rotatable bonds is 4. The molecule has 0 bridgehead atoms. The Hall–Kier alpha value is -2.09. The average molecular weight is 344 g/mol. The number of quaternary nitrogens is 1. The molecular formula is C16H21F3N3O2+. The molecule has 1 aliphatic heterocycles. The van der Waals surface area contributed by atoms with Crippen molar-refractivity contribution in [3.05, 3.63) is 45.5 Å². The van der Waals surface area contributed by atoms with Gasteiger partial charge in [-0.2, -0.15) is 13.2 Å². The van der Waals surface area contributed by atoms with Crippen molar-refractivity contribution in [3.63, 3.8) is 0 Å². The second-order valence-electron chi connectivity index (χ2n) is 6.18. The van der Waals surface area contributed by atoms with Crippen LogP contribution in [0.5, 0.6) is 0 Å². The number of halogens is 3. The molecule has 8 heteroatoms. The first-order chi connectivity index (χ1) is 11.2. The third-order valence-electron chi connectivity index (χ3n) is 4.11. The molecular weight excluding hydrogens is 323 g/mol. The van der Waals surface area contributed by atoms with Crippen LogP contribution in [0.1, 0.15) is 19.4 Å². The summed E-state index contributed by atoms with van der Waals surface area (Å²) in [7, 11) is 0. The van der Waals surface area contributed by atoms with Gasteiger partial charge in [0.25, 0.3) is 5.69 Å². The first kappa shape index (κ1) is 18.3. The summed E-state index contributed by atoms with van der Waals surface area (Å²) < 4.78 is 38.3. The quantitative estimate of drug-likeness (QED) is 0.518. The molecule has 1 aromatic carbocycles. The topological polar surface area (TPSA) is 50.8 Å². The van der Waals surface area contributed by atoms with Gasteiger partial charge in [-0.05, 0) is 32.1 Å². The zero-order chi connectivity index (χ0) is 17.9. The van der Waals surface area contributed by atoms with E-state index in [4.69, 9.17) is 0 Å². The molecule has 0 aromatic heterocycles. The monoisotopic (exact) mass is 344 g/mol. The van der Waals surface area contributed by atoms with Crippen molar-refractivity contribution in [1.29, 1.82) is 0 Å². The average Bonchev–Trinajstić information content (AvgIpc) is 2.52.